The second kappa shape index (κ2) is 8.24. The number of para-hydroxylation sites is 2. The van der Waals surface area contributed by atoms with E-state index in [-0.39, 0.29) is 11.8 Å². The van der Waals surface area contributed by atoms with E-state index in [0.29, 0.717) is 29.2 Å². The number of aromatic nitrogens is 1. The molecule has 3 heterocycles. The van der Waals surface area contributed by atoms with Crippen LogP contribution >= 0.6 is 11.3 Å². The molecule has 0 radical (unpaired) electrons. The Kier molecular flexibility index (Phi) is 5.14. The second-order valence-electron chi connectivity index (χ2n) is 7.46. The number of carbonyl (C=O) groups excluding carboxylic acids is 2. The van der Waals surface area contributed by atoms with E-state index in [9.17, 15) is 9.59 Å². The first-order valence-corrected chi connectivity index (χ1v) is 11.1. The second-order valence-corrected chi connectivity index (χ2v) is 8.40. The Balaban J connectivity index is 1.34. The molecule has 154 valence electrons. The zero-order valence-corrected chi connectivity index (χ0v) is 17.6. The minimum Gasteiger partial charge on any atom is -0.361 e. The molecule has 2 N–H and O–H groups in total. The zero-order chi connectivity index (χ0) is 21.2. The Bertz CT molecular complexity index is 1290. The summed E-state index contributed by atoms with van der Waals surface area (Å²) in [5.41, 5.74) is 4.62. The topological polar surface area (TPSA) is 65.2 Å². The van der Waals surface area contributed by atoms with E-state index in [1.54, 1.807) is 18.2 Å². The molecule has 0 bridgehead atoms. The predicted octanol–water partition coefficient (Wildman–Crippen LogP) is 5.41. The maximum absolute atomic E-state index is 13.2. The van der Waals surface area contributed by atoms with Crippen molar-refractivity contribution in [2.75, 3.05) is 18.4 Å². The Labute approximate surface area is 184 Å². The van der Waals surface area contributed by atoms with Crippen LogP contribution in [0.2, 0.25) is 0 Å². The van der Waals surface area contributed by atoms with Gasteiger partial charge in [0.15, 0.2) is 0 Å². The summed E-state index contributed by atoms with van der Waals surface area (Å²) in [5, 5.41) is 5.95. The van der Waals surface area contributed by atoms with Crippen LogP contribution in [-0.2, 0) is 0 Å². The third kappa shape index (κ3) is 3.78. The lowest BCUT2D eigenvalue weighted by Gasteiger charge is -2.27. The number of aromatic amines is 1. The number of thiophene rings is 1. The standard InChI is InChI=1S/C25H21N3O2S/c29-24(23-10-5-15-31-23)27-22-9-4-2-7-19(22)25(30)28-13-11-17(12-14-28)20-16-26-21-8-3-1-6-18(20)21/h1-11,15-16,26H,12-14H2,(H,27,29). The van der Waals surface area contributed by atoms with Gasteiger partial charge in [-0.05, 0) is 41.6 Å². The Morgan fingerprint density at radius 2 is 1.84 bits per heavy atom. The van der Waals surface area contributed by atoms with Crippen molar-refractivity contribution in [2.24, 2.45) is 0 Å². The smallest absolute Gasteiger partial charge is 0.265 e. The van der Waals surface area contributed by atoms with E-state index in [1.165, 1.54) is 27.9 Å². The van der Waals surface area contributed by atoms with Gasteiger partial charge in [0.05, 0.1) is 16.1 Å². The third-order valence-electron chi connectivity index (χ3n) is 5.58. The number of fused-ring (bicyclic) bond motifs is 1. The number of benzene rings is 2. The summed E-state index contributed by atoms with van der Waals surface area (Å²) < 4.78 is 0. The molecule has 31 heavy (non-hydrogen) atoms. The lowest BCUT2D eigenvalue weighted by molar-refractivity contribution is 0.0774. The summed E-state index contributed by atoms with van der Waals surface area (Å²) in [5.74, 6) is -0.272. The van der Waals surface area contributed by atoms with Crippen molar-refractivity contribution < 1.29 is 9.59 Å². The quantitative estimate of drug-likeness (QED) is 0.457. The summed E-state index contributed by atoms with van der Waals surface area (Å²) in [6.45, 7) is 1.18. The van der Waals surface area contributed by atoms with E-state index in [2.05, 4.69) is 28.5 Å². The number of hydrogen-bond acceptors (Lipinski definition) is 3. The van der Waals surface area contributed by atoms with Gasteiger partial charge < -0.3 is 15.2 Å². The van der Waals surface area contributed by atoms with E-state index >= 15 is 0 Å². The fraction of sp³-hybridized carbons (Fsp3) is 0.120. The van der Waals surface area contributed by atoms with Crippen LogP contribution in [0.4, 0.5) is 5.69 Å². The van der Waals surface area contributed by atoms with Crippen LogP contribution in [0, 0.1) is 0 Å². The molecule has 0 atom stereocenters. The summed E-state index contributed by atoms with van der Waals surface area (Å²) in [4.78, 5) is 31.5. The zero-order valence-electron chi connectivity index (χ0n) is 16.8. The van der Waals surface area contributed by atoms with Crippen molar-refractivity contribution in [3.05, 3.63) is 94.3 Å². The predicted molar refractivity (Wildman–Crippen MR) is 126 cm³/mol. The van der Waals surface area contributed by atoms with Gasteiger partial charge in [-0.2, -0.15) is 0 Å². The van der Waals surface area contributed by atoms with Gasteiger partial charge in [-0.1, -0.05) is 42.5 Å². The van der Waals surface area contributed by atoms with Crippen molar-refractivity contribution in [1.82, 2.24) is 9.88 Å². The molecule has 0 saturated carbocycles. The van der Waals surface area contributed by atoms with Crippen LogP contribution in [0.5, 0.6) is 0 Å². The number of hydrogen-bond donors (Lipinski definition) is 2. The lowest BCUT2D eigenvalue weighted by atomic mass is 9.98. The Hall–Kier alpha value is -3.64. The molecule has 2 aromatic heterocycles. The van der Waals surface area contributed by atoms with E-state index < -0.39 is 0 Å². The summed E-state index contributed by atoms with van der Waals surface area (Å²) in [6, 6.07) is 19.0. The van der Waals surface area contributed by atoms with Crippen LogP contribution < -0.4 is 5.32 Å². The molecule has 0 saturated heterocycles. The number of anilines is 1. The van der Waals surface area contributed by atoms with Gasteiger partial charge in [0, 0.05) is 35.8 Å². The number of nitrogens with zero attached hydrogens (tertiary/aromatic N) is 1. The minimum absolute atomic E-state index is 0.0729. The monoisotopic (exact) mass is 427 g/mol. The highest BCUT2D eigenvalue weighted by Gasteiger charge is 2.23. The van der Waals surface area contributed by atoms with Crippen LogP contribution in [0.1, 0.15) is 32.0 Å². The Morgan fingerprint density at radius 1 is 1.00 bits per heavy atom. The van der Waals surface area contributed by atoms with Gasteiger partial charge in [0.1, 0.15) is 0 Å². The first-order chi connectivity index (χ1) is 15.2. The van der Waals surface area contributed by atoms with E-state index in [0.717, 1.165) is 11.9 Å². The van der Waals surface area contributed by atoms with Gasteiger partial charge >= 0.3 is 0 Å². The summed E-state index contributed by atoms with van der Waals surface area (Å²) in [6.07, 6.45) is 4.96. The summed E-state index contributed by atoms with van der Waals surface area (Å²) >= 11 is 1.37. The molecule has 2 amide bonds. The minimum atomic E-state index is -0.199. The van der Waals surface area contributed by atoms with Gasteiger partial charge in [-0.25, -0.2) is 0 Å². The molecule has 0 aliphatic carbocycles. The number of rotatable bonds is 4. The highest BCUT2D eigenvalue weighted by Crippen LogP contribution is 2.30. The first-order valence-electron chi connectivity index (χ1n) is 10.2. The maximum atomic E-state index is 13.2. The van der Waals surface area contributed by atoms with Crippen LogP contribution in [0.15, 0.2) is 78.3 Å². The maximum Gasteiger partial charge on any atom is 0.265 e. The fourth-order valence-corrected chi connectivity index (χ4v) is 4.59. The van der Waals surface area contributed by atoms with Gasteiger partial charge in [0.2, 0.25) is 0 Å². The van der Waals surface area contributed by atoms with Gasteiger partial charge in [-0.3, -0.25) is 9.59 Å². The largest absolute Gasteiger partial charge is 0.361 e. The average Bonchev–Trinajstić information content (AvgIpc) is 3.50. The molecule has 0 fully saturated rings. The Morgan fingerprint density at radius 3 is 2.65 bits per heavy atom. The SMILES string of the molecule is O=C(Nc1ccccc1C(=O)N1CC=C(c2c[nH]c3ccccc23)CC1)c1cccs1. The number of carbonyl (C=O) groups is 2. The molecule has 5 rings (SSSR count). The molecule has 2 aromatic carbocycles. The number of nitrogens with one attached hydrogen (secondary N) is 2. The molecule has 6 heteroatoms. The van der Waals surface area contributed by atoms with E-state index in [4.69, 9.17) is 0 Å². The molecule has 4 aromatic rings. The molecule has 5 nitrogen and oxygen atoms in total. The van der Waals surface area contributed by atoms with Gasteiger partial charge in [-0.15, -0.1) is 11.3 Å². The highest BCUT2D eigenvalue weighted by molar-refractivity contribution is 7.12. The van der Waals surface area contributed by atoms with E-state index in [1.807, 2.05) is 46.8 Å². The van der Waals surface area contributed by atoms with Crippen molar-refractivity contribution in [2.45, 2.75) is 6.42 Å². The van der Waals surface area contributed by atoms with Crippen molar-refractivity contribution in [3.8, 4) is 0 Å². The molecule has 0 spiro atoms. The number of H-pyrrole nitrogens is 1. The fourth-order valence-electron chi connectivity index (χ4n) is 3.98. The molecular formula is C25H21N3O2S. The number of amides is 2. The molecule has 0 unspecified atom stereocenters. The van der Waals surface area contributed by atoms with Crippen LogP contribution in [-0.4, -0.2) is 34.8 Å². The highest BCUT2D eigenvalue weighted by atomic mass is 32.1. The molecule has 1 aliphatic heterocycles. The lowest BCUT2D eigenvalue weighted by Crippen LogP contribution is -2.35. The van der Waals surface area contributed by atoms with Crippen molar-refractivity contribution in [1.29, 1.82) is 0 Å². The van der Waals surface area contributed by atoms with Crippen LogP contribution in [0.25, 0.3) is 16.5 Å². The molecule has 1 aliphatic rings. The van der Waals surface area contributed by atoms with Gasteiger partial charge in [0.25, 0.3) is 11.8 Å². The summed E-state index contributed by atoms with van der Waals surface area (Å²) in [7, 11) is 0. The van der Waals surface area contributed by atoms with Crippen molar-refractivity contribution in [3.63, 3.8) is 0 Å². The third-order valence-corrected chi connectivity index (χ3v) is 6.45. The normalized spacial score (nSPS) is 13.8. The molecular weight excluding hydrogens is 406 g/mol. The van der Waals surface area contributed by atoms with Crippen LogP contribution in [0.3, 0.4) is 0 Å². The average molecular weight is 428 g/mol. The van der Waals surface area contributed by atoms with Crippen molar-refractivity contribution >= 4 is 45.3 Å². The first kappa shape index (κ1) is 19.3.